The number of anilines is 1. The Balaban J connectivity index is 1.52. The number of aromatic nitrogens is 4. The third kappa shape index (κ3) is 5.50. The maximum atomic E-state index is 13.7. The summed E-state index contributed by atoms with van der Waals surface area (Å²) in [7, 11) is 2.05. The van der Waals surface area contributed by atoms with Crippen molar-refractivity contribution in [3.63, 3.8) is 0 Å². The third-order valence-corrected chi connectivity index (χ3v) is 7.33. The minimum Gasteiger partial charge on any atom is -0.377 e. The molecule has 3 aromatic heterocycles. The molecule has 0 saturated heterocycles. The highest BCUT2D eigenvalue weighted by Gasteiger charge is 2.19. The van der Waals surface area contributed by atoms with Gasteiger partial charge in [-0.2, -0.15) is 5.10 Å². The summed E-state index contributed by atoms with van der Waals surface area (Å²) < 4.78 is 1.94. The molecule has 40 heavy (non-hydrogen) atoms. The summed E-state index contributed by atoms with van der Waals surface area (Å²) in [6.45, 7) is 10.0. The van der Waals surface area contributed by atoms with Crippen LogP contribution in [0, 0.1) is 6.92 Å². The summed E-state index contributed by atoms with van der Waals surface area (Å²) in [5.41, 5.74) is 5.52. The lowest BCUT2D eigenvalue weighted by molar-refractivity contribution is 0.0952. The van der Waals surface area contributed by atoms with E-state index < -0.39 is 0 Å². The smallest absolute Gasteiger partial charge is 0.253 e. The number of aromatic amines is 1. The maximum absolute atomic E-state index is 13.7. The molecule has 1 aliphatic heterocycles. The number of amides is 1. The summed E-state index contributed by atoms with van der Waals surface area (Å²) in [6, 6.07) is 10.1. The molecule has 0 spiro atoms. The molecule has 0 fully saturated rings. The van der Waals surface area contributed by atoms with Crippen LogP contribution in [0.1, 0.15) is 60.4 Å². The quantitative estimate of drug-likeness (QED) is 0.334. The van der Waals surface area contributed by atoms with Gasteiger partial charge in [-0.3, -0.25) is 14.3 Å². The third-order valence-electron chi connectivity index (χ3n) is 7.33. The van der Waals surface area contributed by atoms with E-state index in [9.17, 15) is 9.59 Å². The monoisotopic (exact) mass is 539 g/mol. The fraction of sp³-hybridized carbons (Fsp3) is 0.355. The Morgan fingerprint density at radius 3 is 2.67 bits per heavy atom. The second-order valence-corrected chi connectivity index (χ2v) is 10.7. The molecule has 4 aromatic rings. The zero-order chi connectivity index (χ0) is 28.4. The number of hydrogen-bond donors (Lipinski definition) is 2. The molecule has 5 rings (SSSR count). The van der Waals surface area contributed by atoms with E-state index in [0.717, 1.165) is 65.0 Å². The van der Waals surface area contributed by atoms with Crippen LogP contribution in [0.3, 0.4) is 0 Å². The number of carbonyl (C=O) groups excluding carboxylic acids is 1. The number of rotatable bonds is 8. The second kappa shape index (κ2) is 11.4. The van der Waals surface area contributed by atoms with Crippen molar-refractivity contribution in [1.82, 2.24) is 30.0 Å². The number of benzene rings is 1. The summed E-state index contributed by atoms with van der Waals surface area (Å²) in [4.78, 5) is 38.2. The van der Waals surface area contributed by atoms with E-state index in [1.807, 2.05) is 42.2 Å². The van der Waals surface area contributed by atoms with Gasteiger partial charge in [0.15, 0.2) is 0 Å². The Kier molecular flexibility index (Phi) is 7.73. The summed E-state index contributed by atoms with van der Waals surface area (Å²) in [6.07, 6.45) is 9.33. The van der Waals surface area contributed by atoms with Crippen molar-refractivity contribution in [1.29, 1.82) is 0 Å². The Bertz CT molecular complexity index is 1630. The van der Waals surface area contributed by atoms with Crippen LogP contribution in [0.15, 0.2) is 59.9 Å². The molecular formula is C31H37N7O2. The molecule has 1 amide bonds. The van der Waals surface area contributed by atoms with E-state index in [0.29, 0.717) is 11.1 Å². The Labute approximate surface area is 234 Å². The molecule has 9 heteroatoms. The minimum atomic E-state index is -0.242. The van der Waals surface area contributed by atoms with Gasteiger partial charge in [-0.25, -0.2) is 4.98 Å². The number of nitrogens with one attached hydrogen (secondary N) is 2. The van der Waals surface area contributed by atoms with E-state index in [4.69, 9.17) is 0 Å². The van der Waals surface area contributed by atoms with Gasteiger partial charge in [0.2, 0.25) is 0 Å². The van der Waals surface area contributed by atoms with E-state index in [1.165, 1.54) is 0 Å². The van der Waals surface area contributed by atoms with Crippen molar-refractivity contribution in [2.24, 2.45) is 0 Å². The maximum Gasteiger partial charge on any atom is 0.253 e. The van der Waals surface area contributed by atoms with Crippen molar-refractivity contribution in [3.8, 4) is 11.1 Å². The van der Waals surface area contributed by atoms with Crippen molar-refractivity contribution < 1.29 is 4.79 Å². The lowest BCUT2D eigenvalue weighted by Gasteiger charge is -2.28. The number of H-pyrrole nitrogens is 1. The van der Waals surface area contributed by atoms with E-state index >= 15 is 0 Å². The normalized spacial score (nSPS) is 13.4. The highest BCUT2D eigenvalue weighted by atomic mass is 16.1. The molecule has 1 aliphatic rings. The molecule has 0 aliphatic carbocycles. The van der Waals surface area contributed by atoms with E-state index in [-0.39, 0.29) is 24.1 Å². The molecular weight excluding hydrogens is 502 g/mol. The summed E-state index contributed by atoms with van der Waals surface area (Å²) in [5.74, 6) is 0.612. The lowest BCUT2D eigenvalue weighted by Crippen LogP contribution is -2.32. The molecule has 0 saturated carbocycles. The van der Waals surface area contributed by atoms with Gasteiger partial charge in [0, 0.05) is 68.0 Å². The van der Waals surface area contributed by atoms with Crippen LogP contribution in [0.25, 0.3) is 22.0 Å². The van der Waals surface area contributed by atoms with Gasteiger partial charge in [-0.15, -0.1) is 0 Å². The Morgan fingerprint density at radius 1 is 1.12 bits per heavy atom. The first-order valence-electron chi connectivity index (χ1n) is 13.9. The largest absolute Gasteiger partial charge is 0.377 e. The minimum absolute atomic E-state index is 0.120. The van der Waals surface area contributed by atoms with Gasteiger partial charge in [-0.05, 0) is 74.2 Å². The van der Waals surface area contributed by atoms with Gasteiger partial charge in [0.1, 0.15) is 5.82 Å². The lowest BCUT2D eigenvalue weighted by atomic mass is 9.99. The first-order valence-corrected chi connectivity index (χ1v) is 13.9. The van der Waals surface area contributed by atoms with Crippen LogP contribution in [0.5, 0.6) is 0 Å². The molecule has 0 unspecified atom stereocenters. The number of hydrogen-bond acceptors (Lipinski definition) is 6. The predicted octanol–water partition coefficient (Wildman–Crippen LogP) is 4.78. The molecule has 0 atom stereocenters. The van der Waals surface area contributed by atoms with Crippen LogP contribution in [0.2, 0.25) is 0 Å². The number of likely N-dealkylation sites (N-methyl/N-ethyl adjacent to an activating group) is 1. The molecule has 9 nitrogen and oxygen atoms in total. The molecule has 0 bridgehead atoms. The van der Waals surface area contributed by atoms with E-state index in [1.54, 1.807) is 12.4 Å². The van der Waals surface area contributed by atoms with Crippen LogP contribution < -0.4 is 15.8 Å². The van der Waals surface area contributed by atoms with Crippen molar-refractivity contribution in [3.05, 3.63) is 87.9 Å². The van der Waals surface area contributed by atoms with Gasteiger partial charge in [0.05, 0.1) is 17.3 Å². The zero-order valence-electron chi connectivity index (χ0n) is 23.9. The van der Waals surface area contributed by atoms with Gasteiger partial charge in [0.25, 0.3) is 11.5 Å². The number of carbonyl (C=O) groups is 1. The standard InChI is InChI=1S/C31H37N7O2/c1-6-7-23-14-21(4)35-31(40)26(23)18-33-30(39)25-15-24(16-28-27(25)19-34-38(28)20(2)3)22-8-9-32-29(17-22)37-12-10-36(5)11-13-37/h8-10,12,14-17,19-20H,6-7,11,13,18H2,1-5H3,(H,33,39)(H,35,40). The summed E-state index contributed by atoms with van der Waals surface area (Å²) >= 11 is 0. The summed E-state index contributed by atoms with van der Waals surface area (Å²) in [5, 5.41) is 8.39. The van der Waals surface area contributed by atoms with Gasteiger partial charge >= 0.3 is 0 Å². The number of aryl methyl sites for hydroxylation is 2. The van der Waals surface area contributed by atoms with Crippen LogP contribution in [-0.2, 0) is 13.0 Å². The first-order chi connectivity index (χ1) is 19.2. The number of nitrogens with zero attached hydrogens (tertiary/aromatic N) is 5. The van der Waals surface area contributed by atoms with Gasteiger partial charge in [-0.1, -0.05) is 13.3 Å². The average molecular weight is 540 g/mol. The number of fused-ring (bicyclic) bond motifs is 1. The van der Waals surface area contributed by atoms with Gasteiger partial charge < -0.3 is 20.1 Å². The average Bonchev–Trinajstić information content (AvgIpc) is 3.37. The van der Waals surface area contributed by atoms with E-state index in [2.05, 4.69) is 70.1 Å². The zero-order valence-corrected chi connectivity index (χ0v) is 23.9. The first kappa shape index (κ1) is 27.2. The predicted molar refractivity (Wildman–Crippen MR) is 159 cm³/mol. The Morgan fingerprint density at radius 2 is 1.95 bits per heavy atom. The highest BCUT2D eigenvalue weighted by Crippen LogP contribution is 2.31. The van der Waals surface area contributed by atoms with Crippen molar-refractivity contribution >= 4 is 22.6 Å². The molecule has 208 valence electrons. The van der Waals surface area contributed by atoms with Crippen LogP contribution in [0.4, 0.5) is 5.82 Å². The highest BCUT2D eigenvalue weighted by molar-refractivity contribution is 6.08. The fourth-order valence-corrected chi connectivity index (χ4v) is 5.20. The Hall–Kier alpha value is -4.40. The molecule has 0 radical (unpaired) electrons. The SMILES string of the molecule is CCCc1cc(C)[nH]c(=O)c1CNC(=O)c1cc(-c2ccnc(N3C=CN(C)CC3)c2)cc2c1cnn2C(C)C. The van der Waals surface area contributed by atoms with Crippen molar-refractivity contribution in [2.45, 2.75) is 53.1 Å². The fourth-order valence-electron chi connectivity index (χ4n) is 5.20. The molecule has 4 heterocycles. The second-order valence-electron chi connectivity index (χ2n) is 10.7. The van der Waals surface area contributed by atoms with Crippen molar-refractivity contribution in [2.75, 3.05) is 25.0 Å². The van der Waals surface area contributed by atoms with Crippen LogP contribution in [-0.4, -0.2) is 50.7 Å². The topological polar surface area (TPSA) is 99.1 Å². The molecule has 1 aromatic carbocycles. The van der Waals surface area contributed by atoms with Crippen LogP contribution >= 0.6 is 0 Å². The number of pyridine rings is 2. The molecule has 2 N–H and O–H groups in total.